The van der Waals surface area contributed by atoms with Crippen LogP contribution in [-0.2, 0) is 10.0 Å². The van der Waals surface area contributed by atoms with Crippen LogP contribution in [0, 0.1) is 0 Å². The molecule has 0 unspecified atom stereocenters. The van der Waals surface area contributed by atoms with Crippen LogP contribution in [0.1, 0.15) is 11.8 Å². The molecule has 0 bridgehead atoms. The zero-order valence-electron chi connectivity index (χ0n) is 12.0. The summed E-state index contributed by atoms with van der Waals surface area (Å²) in [6, 6.07) is 11.6. The van der Waals surface area contributed by atoms with Gasteiger partial charge in [-0.15, -0.1) is 0 Å². The molecule has 1 atom stereocenters. The Morgan fingerprint density at radius 2 is 2.04 bits per heavy atom. The van der Waals surface area contributed by atoms with Gasteiger partial charge in [-0.25, -0.2) is 13.1 Å². The summed E-state index contributed by atoms with van der Waals surface area (Å²) in [4.78, 5) is 0.193. The van der Waals surface area contributed by atoms with Crippen LogP contribution in [-0.4, -0.2) is 24.7 Å². The second-order valence-corrected chi connectivity index (χ2v) is 7.39. The average molecular weight is 396 g/mol. The lowest BCUT2D eigenvalue weighted by atomic mass is 10.2. The van der Waals surface area contributed by atoms with Crippen LogP contribution >= 0.6 is 15.9 Å². The fourth-order valence-corrected chi connectivity index (χ4v) is 4.24. The van der Waals surface area contributed by atoms with Crippen LogP contribution in [0.25, 0.3) is 0 Å². The summed E-state index contributed by atoms with van der Waals surface area (Å²) < 4.78 is 35.2. The van der Waals surface area contributed by atoms with Crippen molar-refractivity contribution in [2.75, 3.05) is 6.54 Å². The van der Waals surface area contributed by atoms with Crippen molar-refractivity contribution in [1.82, 2.24) is 14.5 Å². The van der Waals surface area contributed by atoms with E-state index in [-0.39, 0.29) is 17.5 Å². The van der Waals surface area contributed by atoms with Gasteiger partial charge in [0.05, 0.1) is 11.2 Å². The Labute approximate surface area is 142 Å². The first-order chi connectivity index (χ1) is 11.1. The summed E-state index contributed by atoms with van der Waals surface area (Å²) in [6.45, 7) is 0.124. The summed E-state index contributed by atoms with van der Waals surface area (Å²) in [5.74, 6) is 0.628. The molecule has 23 heavy (non-hydrogen) atoms. The SMILES string of the molecule is O=S(=O)(NC[C@@H](c1ccco1)n1cccn1)c1ccccc1Br. The predicted octanol–water partition coefficient (Wildman–Crippen LogP) is 2.81. The Morgan fingerprint density at radius 1 is 1.22 bits per heavy atom. The molecule has 3 aromatic rings. The number of hydrogen-bond acceptors (Lipinski definition) is 4. The molecular weight excluding hydrogens is 382 g/mol. The van der Waals surface area contributed by atoms with E-state index in [0.717, 1.165) is 0 Å². The van der Waals surface area contributed by atoms with E-state index < -0.39 is 10.0 Å². The average Bonchev–Trinajstić information content (AvgIpc) is 3.21. The normalized spacial score (nSPS) is 13.1. The second-order valence-electron chi connectivity index (χ2n) is 4.80. The minimum absolute atomic E-state index is 0.124. The molecule has 1 aromatic carbocycles. The number of nitrogens with one attached hydrogen (secondary N) is 1. The smallest absolute Gasteiger partial charge is 0.241 e. The Bertz CT molecular complexity index is 827. The van der Waals surface area contributed by atoms with Crippen LogP contribution in [0.2, 0.25) is 0 Å². The van der Waals surface area contributed by atoms with Gasteiger partial charge in [0, 0.05) is 23.4 Å². The number of hydrogen-bond donors (Lipinski definition) is 1. The molecule has 0 saturated carbocycles. The fourth-order valence-electron chi connectivity index (χ4n) is 2.20. The molecule has 2 heterocycles. The molecular formula is C15H14BrN3O3S. The molecule has 0 amide bonds. The van der Waals surface area contributed by atoms with E-state index in [2.05, 4.69) is 25.8 Å². The van der Waals surface area contributed by atoms with Crippen LogP contribution in [0.3, 0.4) is 0 Å². The molecule has 0 aliphatic rings. The molecule has 3 rings (SSSR count). The highest BCUT2D eigenvalue weighted by Crippen LogP contribution is 2.22. The molecule has 6 nitrogen and oxygen atoms in total. The van der Waals surface area contributed by atoms with Crippen molar-refractivity contribution in [3.63, 3.8) is 0 Å². The number of sulfonamides is 1. The Morgan fingerprint density at radius 3 is 2.70 bits per heavy atom. The van der Waals surface area contributed by atoms with Gasteiger partial charge < -0.3 is 4.42 Å². The van der Waals surface area contributed by atoms with Crippen LogP contribution in [0.4, 0.5) is 0 Å². The van der Waals surface area contributed by atoms with Gasteiger partial charge in [0.1, 0.15) is 11.8 Å². The van der Waals surface area contributed by atoms with E-state index in [1.807, 2.05) is 0 Å². The molecule has 120 valence electrons. The minimum Gasteiger partial charge on any atom is -0.467 e. The van der Waals surface area contributed by atoms with E-state index in [1.54, 1.807) is 65.8 Å². The van der Waals surface area contributed by atoms with Crippen molar-refractivity contribution >= 4 is 26.0 Å². The number of aromatic nitrogens is 2. The lowest BCUT2D eigenvalue weighted by Gasteiger charge is -2.16. The van der Waals surface area contributed by atoms with Gasteiger partial charge in [0.25, 0.3) is 0 Å². The third kappa shape index (κ3) is 3.54. The second kappa shape index (κ2) is 6.69. The predicted molar refractivity (Wildman–Crippen MR) is 88.4 cm³/mol. The Balaban J connectivity index is 1.84. The lowest BCUT2D eigenvalue weighted by molar-refractivity contribution is 0.402. The Kier molecular flexibility index (Phi) is 4.65. The van der Waals surface area contributed by atoms with Gasteiger partial charge in [-0.2, -0.15) is 5.10 Å². The number of nitrogens with zero attached hydrogens (tertiary/aromatic N) is 2. The molecule has 0 saturated heterocycles. The highest BCUT2D eigenvalue weighted by Gasteiger charge is 2.22. The topological polar surface area (TPSA) is 77.1 Å². The van der Waals surface area contributed by atoms with Crippen LogP contribution in [0.15, 0.2) is 74.9 Å². The monoisotopic (exact) mass is 395 g/mol. The van der Waals surface area contributed by atoms with Gasteiger partial charge in [-0.3, -0.25) is 4.68 Å². The van der Waals surface area contributed by atoms with E-state index in [9.17, 15) is 8.42 Å². The maximum atomic E-state index is 12.5. The number of halogens is 1. The third-order valence-electron chi connectivity index (χ3n) is 3.31. The van der Waals surface area contributed by atoms with Crippen molar-refractivity contribution in [2.45, 2.75) is 10.9 Å². The zero-order chi connectivity index (χ0) is 16.3. The number of furan rings is 1. The van der Waals surface area contributed by atoms with Gasteiger partial charge >= 0.3 is 0 Å². The van der Waals surface area contributed by atoms with Crippen LogP contribution < -0.4 is 4.72 Å². The van der Waals surface area contributed by atoms with E-state index in [1.165, 1.54) is 0 Å². The van der Waals surface area contributed by atoms with Crippen molar-refractivity contribution in [3.05, 3.63) is 71.4 Å². The minimum atomic E-state index is -3.65. The number of benzene rings is 1. The van der Waals surface area contributed by atoms with Crippen molar-refractivity contribution in [2.24, 2.45) is 0 Å². The molecule has 0 spiro atoms. The van der Waals surface area contributed by atoms with Gasteiger partial charge in [0.15, 0.2) is 0 Å². The standard InChI is InChI=1S/C15H14BrN3O3S/c16-12-5-1-2-7-15(12)23(20,21)18-11-13(14-6-3-10-22-14)19-9-4-8-17-19/h1-10,13,18H,11H2/t13-/m0/s1. The zero-order valence-corrected chi connectivity index (χ0v) is 14.4. The maximum Gasteiger partial charge on any atom is 0.241 e. The third-order valence-corrected chi connectivity index (χ3v) is 5.74. The van der Waals surface area contributed by atoms with Crippen molar-refractivity contribution in [1.29, 1.82) is 0 Å². The van der Waals surface area contributed by atoms with Crippen LogP contribution in [0.5, 0.6) is 0 Å². The lowest BCUT2D eigenvalue weighted by Crippen LogP contribution is -2.31. The Hall–Kier alpha value is -1.90. The maximum absolute atomic E-state index is 12.5. The quantitative estimate of drug-likeness (QED) is 0.695. The van der Waals surface area contributed by atoms with Gasteiger partial charge in [-0.1, -0.05) is 12.1 Å². The summed E-state index contributed by atoms with van der Waals surface area (Å²) >= 11 is 3.26. The molecule has 0 radical (unpaired) electrons. The molecule has 0 fully saturated rings. The number of rotatable bonds is 6. The largest absolute Gasteiger partial charge is 0.467 e. The van der Waals surface area contributed by atoms with Gasteiger partial charge in [0.2, 0.25) is 10.0 Å². The molecule has 8 heteroatoms. The van der Waals surface area contributed by atoms with E-state index in [4.69, 9.17) is 4.42 Å². The fraction of sp³-hybridized carbons (Fsp3) is 0.133. The molecule has 0 aliphatic carbocycles. The van der Waals surface area contributed by atoms with Gasteiger partial charge in [-0.05, 0) is 46.3 Å². The summed E-state index contributed by atoms with van der Waals surface area (Å²) in [6.07, 6.45) is 4.95. The van der Waals surface area contributed by atoms with E-state index >= 15 is 0 Å². The summed E-state index contributed by atoms with van der Waals surface area (Å²) in [7, 11) is -3.65. The van der Waals surface area contributed by atoms with Crippen molar-refractivity contribution < 1.29 is 12.8 Å². The summed E-state index contributed by atoms with van der Waals surface area (Å²) in [5, 5.41) is 4.18. The molecule has 0 aliphatic heterocycles. The molecule has 2 aromatic heterocycles. The van der Waals surface area contributed by atoms with Crippen molar-refractivity contribution in [3.8, 4) is 0 Å². The first-order valence-corrected chi connectivity index (χ1v) is 9.12. The highest BCUT2D eigenvalue weighted by atomic mass is 79.9. The summed E-state index contributed by atoms with van der Waals surface area (Å²) in [5.41, 5.74) is 0. The first kappa shape index (κ1) is 16.0. The van der Waals surface area contributed by atoms with E-state index in [0.29, 0.717) is 10.2 Å². The first-order valence-electron chi connectivity index (χ1n) is 6.84. The molecule has 1 N–H and O–H groups in total. The highest BCUT2D eigenvalue weighted by molar-refractivity contribution is 9.10.